The van der Waals surface area contributed by atoms with Crippen molar-refractivity contribution in [3.8, 4) is 0 Å². The number of thiophene rings is 1. The summed E-state index contributed by atoms with van der Waals surface area (Å²) in [5.41, 5.74) is 1.01. The first-order chi connectivity index (χ1) is 13.8. The standard InChI is InChI=1S/C21H26N6S/c1-3-10-27-20(17(2)19-8-4-5-9-22-19)23-24-21(27)26-13-11-25(12-14-26)16-18-7-6-15-28-18/h3-9,15,17H,1,10-14,16H2,2H3. The highest BCUT2D eigenvalue weighted by atomic mass is 32.1. The number of allylic oxidation sites excluding steroid dienone is 1. The van der Waals surface area contributed by atoms with E-state index in [0.29, 0.717) is 6.54 Å². The maximum atomic E-state index is 4.55. The molecule has 0 radical (unpaired) electrons. The van der Waals surface area contributed by atoms with Crippen LogP contribution in [0.4, 0.5) is 5.95 Å². The van der Waals surface area contributed by atoms with E-state index in [0.717, 1.165) is 50.2 Å². The minimum absolute atomic E-state index is 0.0857. The lowest BCUT2D eigenvalue weighted by Gasteiger charge is -2.35. The molecule has 4 heterocycles. The Labute approximate surface area is 170 Å². The average molecular weight is 395 g/mol. The molecule has 6 nitrogen and oxygen atoms in total. The number of hydrogen-bond donors (Lipinski definition) is 0. The molecule has 28 heavy (non-hydrogen) atoms. The van der Waals surface area contributed by atoms with Crippen LogP contribution in [0, 0.1) is 0 Å². The first kappa shape index (κ1) is 18.8. The van der Waals surface area contributed by atoms with Gasteiger partial charge in [-0.3, -0.25) is 14.5 Å². The largest absolute Gasteiger partial charge is 0.338 e. The SMILES string of the molecule is C=CCn1c(C(C)c2ccccn2)nnc1N1CCN(Cc2cccs2)CC1. The van der Waals surface area contributed by atoms with Crippen molar-refractivity contribution in [2.75, 3.05) is 31.1 Å². The molecule has 1 saturated heterocycles. The van der Waals surface area contributed by atoms with Gasteiger partial charge in [0, 0.05) is 50.3 Å². The van der Waals surface area contributed by atoms with E-state index in [1.54, 1.807) is 0 Å². The minimum atomic E-state index is 0.0857. The molecule has 0 bridgehead atoms. The molecule has 0 amide bonds. The Morgan fingerprint density at radius 2 is 2.00 bits per heavy atom. The summed E-state index contributed by atoms with van der Waals surface area (Å²) >= 11 is 1.83. The molecule has 1 atom stereocenters. The number of piperazine rings is 1. The molecule has 0 saturated carbocycles. The van der Waals surface area contributed by atoms with Crippen LogP contribution in [-0.2, 0) is 13.1 Å². The maximum absolute atomic E-state index is 4.55. The van der Waals surface area contributed by atoms with Crippen molar-refractivity contribution in [3.63, 3.8) is 0 Å². The molecule has 7 heteroatoms. The second-order valence-corrected chi connectivity index (χ2v) is 8.11. The molecule has 0 N–H and O–H groups in total. The molecule has 0 aromatic carbocycles. The molecule has 0 spiro atoms. The highest BCUT2D eigenvalue weighted by Crippen LogP contribution is 2.25. The Morgan fingerprint density at radius 1 is 1.14 bits per heavy atom. The van der Waals surface area contributed by atoms with Gasteiger partial charge in [0.15, 0.2) is 0 Å². The Hall–Kier alpha value is -2.51. The van der Waals surface area contributed by atoms with Crippen LogP contribution < -0.4 is 4.90 Å². The normalized spacial score (nSPS) is 16.2. The van der Waals surface area contributed by atoms with Crippen molar-refractivity contribution in [1.82, 2.24) is 24.6 Å². The molecule has 146 valence electrons. The van der Waals surface area contributed by atoms with Crippen LogP contribution in [0.3, 0.4) is 0 Å². The molecular formula is C21H26N6S. The number of anilines is 1. The Balaban J connectivity index is 1.49. The lowest BCUT2D eigenvalue weighted by molar-refractivity contribution is 0.250. The van der Waals surface area contributed by atoms with Crippen molar-refractivity contribution in [2.24, 2.45) is 0 Å². The Bertz CT molecular complexity index is 881. The third-order valence-corrected chi connectivity index (χ3v) is 6.07. The zero-order chi connectivity index (χ0) is 19.3. The van der Waals surface area contributed by atoms with Crippen LogP contribution >= 0.6 is 11.3 Å². The second kappa shape index (κ2) is 8.67. The summed E-state index contributed by atoms with van der Waals surface area (Å²) in [6.07, 6.45) is 3.74. The highest BCUT2D eigenvalue weighted by molar-refractivity contribution is 7.09. The van der Waals surface area contributed by atoms with E-state index in [4.69, 9.17) is 0 Å². The van der Waals surface area contributed by atoms with Gasteiger partial charge in [-0.1, -0.05) is 18.2 Å². The zero-order valence-corrected chi connectivity index (χ0v) is 17.1. The molecular weight excluding hydrogens is 368 g/mol. The summed E-state index contributed by atoms with van der Waals surface area (Å²) in [5.74, 6) is 1.96. The lowest BCUT2D eigenvalue weighted by Crippen LogP contribution is -2.46. The van der Waals surface area contributed by atoms with E-state index in [-0.39, 0.29) is 5.92 Å². The number of hydrogen-bond acceptors (Lipinski definition) is 6. The predicted octanol–water partition coefficient (Wildman–Crippen LogP) is 3.39. The smallest absolute Gasteiger partial charge is 0.227 e. The molecule has 1 unspecified atom stereocenters. The van der Waals surface area contributed by atoms with E-state index >= 15 is 0 Å². The third-order valence-electron chi connectivity index (χ3n) is 5.20. The van der Waals surface area contributed by atoms with E-state index in [2.05, 4.69) is 60.6 Å². The van der Waals surface area contributed by atoms with Gasteiger partial charge in [-0.2, -0.15) is 0 Å². The fourth-order valence-corrected chi connectivity index (χ4v) is 4.40. The van der Waals surface area contributed by atoms with Crippen LogP contribution in [0.25, 0.3) is 0 Å². The third kappa shape index (κ3) is 4.00. The quantitative estimate of drug-likeness (QED) is 0.575. The van der Waals surface area contributed by atoms with Gasteiger partial charge in [0.25, 0.3) is 0 Å². The summed E-state index contributed by atoms with van der Waals surface area (Å²) in [7, 11) is 0. The van der Waals surface area contributed by atoms with Gasteiger partial charge in [-0.25, -0.2) is 0 Å². The molecule has 1 fully saturated rings. The van der Waals surface area contributed by atoms with Crippen molar-refractivity contribution in [3.05, 3.63) is 71.0 Å². The van der Waals surface area contributed by atoms with Gasteiger partial charge in [0.2, 0.25) is 5.95 Å². The van der Waals surface area contributed by atoms with E-state index in [9.17, 15) is 0 Å². The summed E-state index contributed by atoms with van der Waals surface area (Å²) in [6, 6.07) is 10.3. The number of pyridine rings is 1. The summed E-state index contributed by atoms with van der Waals surface area (Å²) in [4.78, 5) is 10.8. The van der Waals surface area contributed by atoms with Gasteiger partial charge in [-0.05, 0) is 30.5 Å². The summed E-state index contributed by atoms with van der Waals surface area (Å²) < 4.78 is 2.18. The van der Waals surface area contributed by atoms with Gasteiger partial charge in [0.05, 0.1) is 11.6 Å². The first-order valence-electron chi connectivity index (χ1n) is 9.71. The van der Waals surface area contributed by atoms with Crippen LogP contribution in [0.1, 0.15) is 29.2 Å². The highest BCUT2D eigenvalue weighted by Gasteiger charge is 2.25. The van der Waals surface area contributed by atoms with Gasteiger partial charge in [0.1, 0.15) is 5.82 Å². The minimum Gasteiger partial charge on any atom is -0.338 e. The predicted molar refractivity (Wildman–Crippen MR) is 114 cm³/mol. The Morgan fingerprint density at radius 3 is 2.68 bits per heavy atom. The molecule has 0 aliphatic carbocycles. The van der Waals surface area contributed by atoms with Crippen molar-refractivity contribution in [2.45, 2.75) is 25.9 Å². The van der Waals surface area contributed by atoms with E-state index < -0.39 is 0 Å². The molecule has 1 aliphatic rings. The fourth-order valence-electron chi connectivity index (χ4n) is 3.66. The topological polar surface area (TPSA) is 50.1 Å². The second-order valence-electron chi connectivity index (χ2n) is 7.08. The number of rotatable bonds is 7. The van der Waals surface area contributed by atoms with Crippen LogP contribution in [0.15, 0.2) is 54.6 Å². The van der Waals surface area contributed by atoms with Gasteiger partial charge >= 0.3 is 0 Å². The number of aromatic nitrogens is 4. The monoisotopic (exact) mass is 394 g/mol. The van der Waals surface area contributed by atoms with Crippen molar-refractivity contribution >= 4 is 17.3 Å². The van der Waals surface area contributed by atoms with Crippen molar-refractivity contribution < 1.29 is 0 Å². The van der Waals surface area contributed by atoms with E-state index in [1.807, 2.05) is 41.8 Å². The lowest BCUT2D eigenvalue weighted by atomic mass is 10.1. The maximum Gasteiger partial charge on any atom is 0.227 e. The van der Waals surface area contributed by atoms with Crippen LogP contribution in [-0.4, -0.2) is 50.8 Å². The van der Waals surface area contributed by atoms with Gasteiger partial charge in [-0.15, -0.1) is 28.1 Å². The van der Waals surface area contributed by atoms with Crippen LogP contribution in [0.2, 0.25) is 0 Å². The van der Waals surface area contributed by atoms with Crippen molar-refractivity contribution in [1.29, 1.82) is 0 Å². The van der Waals surface area contributed by atoms with E-state index in [1.165, 1.54) is 4.88 Å². The number of nitrogens with zero attached hydrogens (tertiary/aromatic N) is 6. The molecule has 4 rings (SSSR count). The van der Waals surface area contributed by atoms with Gasteiger partial charge < -0.3 is 4.90 Å². The average Bonchev–Trinajstić information content (AvgIpc) is 3.39. The molecule has 1 aliphatic heterocycles. The first-order valence-corrected chi connectivity index (χ1v) is 10.6. The summed E-state index contributed by atoms with van der Waals surface area (Å²) in [5, 5.41) is 11.2. The molecule has 3 aromatic heterocycles. The van der Waals surface area contributed by atoms with Crippen LogP contribution in [0.5, 0.6) is 0 Å². The Kier molecular flexibility index (Phi) is 5.83. The zero-order valence-electron chi connectivity index (χ0n) is 16.2. The summed E-state index contributed by atoms with van der Waals surface area (Å²) in [6.45, 7) is 11.8. The fraction of sp³-hybridized carbons (Fsp3) is 0.381. The molecule has 3 aromatic rings.